The summed E-state index contributed by atoms with van der Waals surface area (Å²) in [6.45, 7) is 2.20. The topological polar surface area (TPSA) is 42.4 Å². The number of aliphatic hydroxyl groups excluding tert-OH is 1. The first kappa shape index (κ1) is 11.1. The van der Waals surface area contributed by atoms with E-state index in [0.29, 0.717) is 6.61 Å². The molecule has 84 valence electrons. The highest BCUT2D eigenvalue weighted by molar-refractivity contribution is 7.07. The van der Waals surface area contributed by atoms with Gasteiger partial charge in [0, 0.05) is 5.38 Å². The molecule has 4 heteroatoms. The number of benzene rings is 1. The first-order valence-corrected chi connectivity index (χ1v) is 5.98. The largest absolute Gasteiger partial charge is 0.487 e. The van der Waals surface area contributed by atoms with Gasteiger partial charge in [-0.2, -0.15) is 0 Å². The van der Waals surface area contributed by atoms with E-state index in [2.05, 4.69) is 4.98 Å². The van der Waals surface area contributed by atoms with Crippen molar-refractivity contribution >= 4 is 11.3 Å². The van der Waals surface area contributed by atoms with E-state index in [4.69, 9.17) is 4.74 Å². The Morgan fingerprint density at radius 2 is 2.38 bits per heavy atom. The molecule has 0 bridgehead atoms. The number of ether oxygens (including phenoxy) is 1. The van der Waals surface area contributed by atoms with Crippen molar-refractivity contribution < 1.29 is 9.84 Å². The summed E-state index contributed by atoms with van der Waals surface area (Å²) in [5.74, 6) is 0.756. The first-order chi connectivity index (χ1) is 7.75. The maximum atomic E-state index is 9.43. The summed E-state index contributed by atoms with van der Waals surface area (Å²) < 4.78 is 5.57. The molecule has 0 saturated carbocycles. The van der Waals surface area contributed by atoms with Gasteiger partial charge in [0.05, 0.1) is 17.3 Å². The summed E-state index contributed by atoms with van der Waals surface area (Å²) in [7, 11) is 0. The predicted octanol–water partition coefficient (Wildman–Crippen LogP) is 2.78. The predicted molar refractivity (Wildman–Crippen MR) is 63.5 cm³/mol. The van der Waals surface area contributed by atoms with Crippen LogP contribution in [-0.4, -0.2) is 10.1 Å². The van der Waals surface area contributed by atoms with E-state index in [1.807, 2.05) is 29.6 Å². The van der Waals surface area contributed by atoms with Crippen molar-refractivity contribution in [1.29, 1.82) is 0 Å². The number of hydrogen-bond donors (Lipinski definition) is 1. The number of hydrogen-bond acceptors (Lipinski definition) is 4. The third-order valence-corrected chi connectivity index (χ3v) is 2.85. The Hall–Kier alpha value is -1.39. The minimum Gasteiger partial charge on any atom is -0.487 e. The Morgan fingerprint density at radius 3 is 3.06 bits per heavy atom. The van der Waals surface area contributed by atoms with Gasteiger partial charge in [-0.3, -0.25) is 0 Å². The fourth-order valence-corrected chi connectivity index (χ4v) is 1.87. The summed E-state index contributed by atoms with van der Waals surface area (Å²) >= 11 is 1.55. The molecule has 0 radical (unpaired) electrons. The fourth-order valence-electron chi connectivity index (χ4n) is 1.33. The van der Waals surface area contributed by atoms with Crippen LogP contribution in [0.3, 0.4) is 0 Å². The molecule has 0 aliphatic rings. The van der Waals surface area contributed by atoms with Crippen LogP contribution in [0.15, 0.2) is 35.2 Å². The van der Waals surface area contributed by atoms with Gasteiger partial charge in [0.25, 0.3) is 0 Å². The van der Waals surface area contributed by atoms with Gasteiger partial charge in [-0.15, -0.1) is 11.3 Å². The number of aromatic nitrogens is 1. The average Bonchev–Trinajstić information content (AvgIpc) is 2.79. The van der Waals surface area contributed by atoms with Gasteiger partial charge >= 0.3 is 0 Å². The van der Waals surface area contributed by atoms with Crippen LogP contribution in [0.1, 0.15) is 24.3 Å². The molecule has 0 fully saturated rings. The van der Waals surface area contributed by atoms with Crippen LogP contribution in [0.2, 0.25) is 0 Å². The smallest absolute Gasteiger partial charge is 0.131 e. The molecule has 0 unspecified atom stereocenters. The zero-order chi connectivity index (χ0) is 11.4. The molecule has 1 aromatic heterocycles. The minimum absolute atomic E-state index is 0.465. The second-order valence-corrected chi connectivity index (χ2v) is 4.24. The van der Waals surface area contributed by atoms with Gasteiger partial charge in [-0.1, -0.05) is 12.1 Å². The van der Waals surface area contributed by atoms with E-state index < -0.39 is 6.10 Å². The molecule has 2 aromatic rings. The van der Waals surface area contributed by atoms with E-state index in [1.165, 1.54) is 0 Å². The molecular weight excluding hydrogens is 222 g/mol. The Balaban J connectivity index is 2.01. The normalized spacial score (nSPS) is 12.4. The van der Waals surface area contributed by atoms with Crippen molar-refractivity contribution in [2.24, 2.45) is 0 Å². The van der Waals surface area contributed by atoms with Crippen LogP contribution < -0.4 is 4.74 Å². The van der Waals surface area contributed by atoms with Crippen LogP contribution in [0.5, 0.6) is 5.75 Å². The van der Waals surface area contributed by atoms with Crippen molar-refractivity contribution in [3.05, 3.63) is 46.4 Å². The van der Waals surface area contributed by atoms with E-state index in [9.17, 15) is 5.11 Å². The van der Waals surface area contributed by atoms with Gasteiger partial charge in [0.2, 0.25) is 0 Å². The lowest BCUT2D eigenvalue weighted by Crippen LogP contribution is -1.97. The molecule has 1 atom stereocenters. The highest BCUT2D eigenvalue weighted by Gasteiger charge is 2.02. The molecule has 2 rings (SSSR count). The third-order valence-electron chi connectivity index (χ3n) is 2.21. The highest BCUT2D eigenvalue weighted by Crippen LogP contribution is 2.19. The zero-order valence-electron chi connectivity index (χ0n) is 8.96. The SMILES string of the molecule is C[C@H](O)c1cccc(OCc2cscn2)c1. The maximum Gasteiger partial charge on any atom is 0.131 e. The van der Waals surface area contributed by atoms with Gasteiger partial charge in [-0.05, 0) is 24.6 Å². The lowest BCUT2D eigenvalue weighted by molar-refractivity contribution is 0.198. The fraction of sp³-hybridized carbons (Fsp3) is 0.250. The zero-order valence-corrected chi connectivity index (χ0v) is 9.78. The third kappa shape index (κ3) is 2.81. The first-order valence-electron chi connectivity index (χ1n) is 5.03. The summed E-state index contributed by atoms with van der Waals surface area (Å²) in [5.41, 5.74) is 3.56. The molecule has 16 heavy (non-hydrogen) atoms. The summed E-state index contributed by atoms with van der Waals surface area (Å²) in [5, 5.41) is 11.4. The number of nitrogens with zero attached hydrogens (tertiary/aromatic N) is 1. The Morgan fingerprint density at radius 1 is 1.50 bits per heavy atom. The van der Waals surface area contributed by atoms with Gasteiger partial charge < -0.3 is 9.84 Å². The molecule has 0 saturated heterocycles. The Bertz CT molecular complexity index is 440. The van der Waals surface area contributed by atoms with Crippen molar-refractivity contribution in [2.75, 3.05) is 0 Å². The van der Waals surface area contributed by atoms with Crippen LogP contribution in [0.4, 0.5) is 0 Å². The van der Waals surface area contributed by atoms with E-state index in [1.54, 1.807) is 23.8 Å². The molecule has 0 aliphatic heterocycles. The van der Waals surface area contributed by atoms with E-state index >= 15 is 0 Å². The van der Waals surface area contributed by atoms with Crippen LogP contribution in [-0.2, 0) is 6.61 Å². The van der Waals surface area contributed by atoms with E-state index in [0.717, 1.165) is 17.0 Å². The molecule has 3 nitrogen and oxygen atoms in total. The number of thiazole rings is 1. The van der Waals surface area contributed by atoms with Gasteiger partial charge in [0.1, 0.15) is 12.4 Å². The number of aliphatic hydroxyl groups is 1. The molecular formula is C12H13NO2S. The summed E-state index contributed by atoms with van der Waals surface area (Å²) in [6, 6.07) is 7.47. The van der Waals surface area contributed by atoms with Crippen molar-refractivity contribution in [2.45, 2.75) is 19.6 Å². The maximum absolute atomic E-state index is 9.43. The van der Waals surface area contributed by atoms with Gasteiger partial charge in [0.15, 0.2) is 0 Å². The van der Waals surface area contributed by atoms with Crippen LogP contribution in [0.25, 0.3) is 0 Å². The monoisotopic (exact) mass is 235 g/mol. The molecule has 0 spiro atoms. The van der Waals surface area contributed by atoms with Crippen molar-refractivity contribution in [1.82, 2.24) is 4.98 Å². The molecule has 1 aromatic carbocycles. The highest BCUT2D eigenvalue weighted by atomic mass is 32.1. The van der Waals surface area contributed by atoms with E-state index in [-0.39, 0.29) is 0 Å². The van der Waals surface area contributed by atoms with Crippen molar-refractivity contribution in [3.63, 3.8) is 0 Å². The standard InChI is InChI=1S/C12H13NO2S/c1-9(14)10-3-2-4-12(5-10)15-6-11-7-16-8-13-11/h2-5,7-9,14H,6H2,1H3/t9-/m0/s1. The summed E-state index contributed by atoms with van der Waals surface area (Å²) in [4.78, 5) is 4.13. The molecule has 0 amide bonds. The second-order valence-electron chi connectivity index (χ2n) is 3.52. The average molecular weight is 235 g/mol. The molecule has 0 aliphatic carbocycles. The quantitative estimate of drug-likeness (QED) is 0.886. The summed E-state index contributed by atoms with van der Waals surface area (Å²) in [6.07, 6.45) is -0.470. The van der Waals surface area contributed by atoms with Crippen molar-refractivity contribution in [3.8, 4) is 5.75 Å². The molecule has 1 heterocycles. The van der Waals surface area contributed by atoms with Crippen LogP contribution in [0, 0.1) is 0 Å². The van der Waals surface area contributed by atoms with Gasteiger partial charge in [-0.25, -0.2) is 4.98 Å². The number of rotatable bonds is 4. The molecule has 1 N–H and O–H groups in total. The lowest BCUT2D eigenvalue weighted by Gasteiger charge is -2.08. The second kappa shape index (κ2) is 5.09. The Kier molecular flexibility index (Phi) is 3.54. The Labute approximate surface area is 98.4 Å². The minimum atomic E-state index is -0.470. The van der Waals surface area contributed by atoms with Crippen LogP contribution >= 0.6 is 11.3 Å². The lowest BCUT2D eigenvalue weighted by atomic mass is 10.1.